The van der Waals surface area contributed by atoms with E-state index in [1.807, 2.05) is 24.4 Å². The Morgan fingerprint density at radius 3 is 2.21 bits per heavy atom. The van der Waals surface area contributed by atoms with Crippen LogP contribution in [0, 0.1) is 0 Å². The third kappa shape index (κ3) is 8.66. The van der Waals surface area contributed by atoms with Crippen molar-refractivity contribution >= 4 is 23.8 Å². The van der Waals surface area contributed by atoms with E-state index in [9.17, 15) is 19.2 Å². The van der Waals surface area contributed by atoms with E-state index < -0.39 is 30.4 Å². The van der Waals surface area contributed by atoms with E-state index in [-0.39, 0.29) is 12.0 Å². The van der Waals surface area contributed by atoms with Crippen LogP contribution in [0.2, 0.25) is 0 Å². The fourth-order valence-electron chi connectivity index (χ4n) is 2.16. The highest BCUT2D eigenvalue weighted by molar-refractivity contribution is 5.97. The van der Waals surface area contributed by atoms with E-state index in [1.165, 1.54) is 0 Å². The Morgan fingerprint density at radius 1 is 1.00 bits per heavy atom. The normalized spacial score (nSPS) is 10.7. The summed E-state index contributed by atoms with van der Waals surface area (Å²) in [7, 11) is 0. The van der Waals surface area contributed by atoms with E-state index in [1.54, 1.807) is 12.1 Å². The zero-order chi connectivity index (χ0) is 21.2. The molecule has 0 saturated heterocycles. The molecule has 8 nitrogen and oxygen atoms in total. The van der Waals surface area contributed by atoms with Crippen molar-refractivity contribution in [1.82, 2.24) is 16.0 Å². The summed E-state index contributed by atoms with van der Waals surface area (Å²) in [6, 6.07) is 6.46. The van der Waals surface area contributed by atoms with Crippen molar-refractivity contribution in [3.05, 3.63) is 35.4 Å². The number of nitrogens with one attached hydrogen (secondary N) is 3. The molecule has 28 heavy (non-hydrogen) atoms. The van der Waals surface area contributed by atoms with Crippen LogP contribution in [0.25, 0.3) is 0 Å². The van der Waals surface area contributed by atoms with E-state index in [4.69, 9.17) is 4.74 Å². The van der Waals surface area contributed by atoms with Crippen molar-refractivity contribution in [3.63, 3.8) is 0 Å². The smallest absolute Gasteiger partial charge is 0.325 e. The van der Waals surface area contributed by atoms with Gasteiger partial charge in [0.25, 0.3) is 11.8 Å². The zero-order valence-corrected chi connectivity index (χ0v) is 16.9. The summed E-state index contributed by atoms with van der Waals surface area (Å²) in [5, 5.41) is 6.99. The summed E-state index contributed by atoms with van der Waals surface area (Å²) in [6.07, 6.45) is 1.72. The SMILES string of the molecule is CCCCNC(=O)NC(=O)COC(=O)CNC(=O)c1ccc(C(C)(C)C)cc1. The Balaban J connectivity index is 2.33. The fraction of sp³-hybridized carbons (Fsp3) is 0.500. The van der Waals surface area contributed by atoms with Crippen LogP contribution in [0.15, 0.2) is 24.3 Å². The van der Waals surface area contributed by atoms with Gasteiger partial charge in [0.1, 0.15) is 6.54 Å². The number of rotatable bonds is 8. The summed E-state index contributed by atoms with van der Waals surface area (Å²) < 4.78 is 4.73. The second-order valence-electron chi connectivity index (χ2n) is 7.33. The van der Waals surface area contributed by atoms with Gasteiger partial charge in [-0.25, -0.2) is 4.79 Å². The van der Waals surface area contributed by atoms with Crippen molar-refractivity contribution in [2.24, 2.45) is 0 Å². The van der Waals surface area contributed by atoms with Crippen LogP contribution in [-0.2, 0) is 19.7 Å². The first-order valence-electron chi connectivity index (χ1n) is 9.25. The van der Waals surface area contributed by atoms with Gasteiger partial charge in [-0.3, -0.25) is 19.7 Å². The van der Waals surface area contributed by atoms with Crippen molar-refractivity contribution in [3.8, 4) is 0 Å². The highest BCUT2D eigenvalue weighted by atomic mass is 16.5. The molecule has 3 N–H and O–H groups in total. The number of amides is 4. The lowest BCUT2D eigenvalue weighted by atomic mass is 9.87. The van der Waals surface area contributed by atoms with Crippen LogP contribution in [0.5, 0.6) is 0 Å². The third-order valence-electron chi connectivity index (χ3n) is 3.84. The predicted octanol–water partition coefficient (Wildman–Crippen LogP) is 1.88. The van der Waals surface area contributed by atoms with E-state index in [0.29, 0.717) is 12.1 Å². The van der Waals surface area contributed by atoms with Crippen LogP contribution in [0.4, 0.5) is 4.79 Å². The van der Waals surface area contributed by atoms with Crippen molar-refractivity contribution in [1.29, 1.82) is 0 Å². The largest absolute Gasteiger partial charge is 0.454 e. The van der Waals surface area contributed by atoms with Gasteiger partial charge in [0.05, 0.1) is 0 Å². The van der Waals surface area contributed by atoms with Gasteiger partial charge in [-0.1, -0.05) is 46.2 Å². The topological polar surface area (TPSA) is 114 Å². The number of hydrogen-bond donors (Lipinski definition) is 3. The van der Waals surface area contributed by atoms with Crippen molar-refractivity contribution < 1.29 is 23.9 Å². The number of imide groups is 1. The minimum Gasteiger partial charge on any atom is -0.454 e. The molecule has 1 aromatic rings. The number of unbranched alkanes of at least 4 members (excludes halogenated alkanes) is 1. The standard InChI is InChI=1S/C20H29N3O5/c1-5-6-11-21-19(27)23-16(24)13-28-17(25)12-22-18(26)14-7-9-15(10-8-14)20(2,3)4/h7-10H,5-6,11-13H2,1-4H3,(H,22,26)(H2,21,23,24,27). The lowest BCUT2D eigenvalue weighted by molar-refractivity contribution is -0.147. The molecule has 0 atom stereocenters. The highest BCUT2D eigenvalue weighted by Gasteiger charge is 2.15. The van der Waals surface area contributed by atoms with Gasteiger partial charge in [-0.05, 0) is 29.5 Å². The highest BCUT2D eigenvalue weighted by Crippen LogP contribution is 2.22. The van der Waals surface area contributed by atoms with E-state index >= 15 is 0 Å². The fourth-order valence-corrected chi connectivity index (χ4v) is 2.16. The molecule has 8 heteroatoms. The summed E-state index contributed by atoms with van der Waals surface area (Å²) in [6.45, 7) is 7.67. The van der Waals surface area contributed by atoms with Crippen LogP contribution in [-0.4, -0.2) is 43.5 Å². The first-order chi connectivity index (χ1) is 13.1. The Hall–Kier alpha value is -2.90. The molecular weight excluding hydrogens is 362 g/mol. The van der Waals surface area contributed by atoms with Gasteiger partial charge in [0, 0.05) is 12.1 Å². The van der Waals surface area contributed by atoms with E-state index in [0.717, 1.165) is 18.4 Å². The number of ether oxygens (including phenoxy) is 1. The molecule has 0 aliphatic carbocycles. The maximum Gasteiger partial charge on any atom is 0.325 e. The first-order valence-corrected chi connectivity index (χ1v) is 9.25. The molecule has 0 saturated carbocycles. The van der Waals surface area contributed by atoms with Gasteiger partial charge in [-0.2, -0.15) is 0 Å². The minimum absolute atomic E-state index is 0.0215. The number of benzene rings is 1. The predicted molar refractivity (Wildman–Crippen MR) is 105 cm³/mol. The zero-order valence-electron chi connectivity index (χ0n) is 16.9. The summed E-state index contributed by atoms with van der Waals surface area (Å²) in [5.41, 5.74) is 1.49. The molecular formula is C20H29N3O5. The number of urea groups is 1. The molecule has 0 spiro atoms. The van der Waals surface area contributed by atoms with Crippen LogP contribution in [0.1, 0.15) is 56.5 Å². The van der Waals surface area contributed by atoms with Crippen molar-refractivity contribution in [2.75, 3.05) is 19.7 Å². The second kappa shape index (κ2) is 11.1. The molecule has 154 valence electrons. The second-order valence-corrected chi connectivity index (χ2v) is 7.33. The molecule has 1 rings (SSSR count). The number of carbonyl (C=O) groups excluding carboxylic acids is 4. The maximum absolute atomic E-state index is 12.1. The molecule has 0 radical (unpaired) electrons. The van der Waals surface area contributed by atoms with Crippen LogP contribution < -0.4 is 16.0 Å². The van der Waals surface area contributed by atoms with Gasteiger partial charge < -0.3 is 15.4 Å². The first kappa shape index (κ1) is 23.1. The lowest BCUT2D eigenvalue weighted by Crippen LogP contribution is -2.42. The molecule has 0 aliphatic rings. The quantitative estimate of drug-likeness (QED) is 0.462. The van der Waals surface area contributed by atoms with Gasteiger partial charge in [0.15, 0.2) is 6.61 Å². The molecule has 0 fully saturated rings. The lowest BCUT2D eigenvalue weighted by Gasteiger charge is -2.19. The Labute approximate surface area is 165 Å². The molecule has 1 aromatic carbocycles. The van der Waals surface area contributed by atoms with E-state index in [2.05, 4.69) is 31.4 Å². The average Bonchev–Trinajstić information content (AvgIpc) is 2.64. The molecule has 0 bridgehead atoms. The van der Waals surface area contributed by atoms with Crippen molar-refractivity contribution in [2.45, 2.75) is 46.0 Å². The Kier molecular flexibility index (Phi) is 9.14. The average molecular weight is 391 g/mol. The molecule has 0 aromatic heterocycles. The number of esters is 1. The molecule has 0 aliphatic heterocycles. The van der Waals surface area contributed by atoms with Gasteiger partial charge in [0.2, 0.25) is 0 Å². The van der Waals surface area contributed by atoms with Gasteiger partial charge >= 0.3 is 12.0 Å². The van der Waals surface area contributed by atoms with Crippen LogP contribution in [0.3, 0.4) is 0 Å². The third-order valence-corrected chi connectivity index (χ3v) is 3.84. The molecule has 0 heterocycles. The molecule has 4 amide bonds. The summed E-state index contributed by atoms with van der Waals surface area (Å²) in [5.74, 6) is -1.94. The summed E-state index contributed by atoms with van der Waals surface area (Å²) in [4.78, 5) is 46.6. The minimum atomic E-state index is -0.777. The maximum atomic E-state index is 12.1. The Bertz CT molecular complexity index is 693. The van der Waals surface area contributed by atoms with Crippen LogP contribution >= 0.6 is 0 Å². The summed E-state index contributed by atoms with van der Waals surface area (Å²) >= 11 is 0. The number of carbonyl (C=O) groups is 4. The van der Waals surface area contributed by atoms with Gasteiger partial charge in [-0.15, -0.1) is 0 Å². The Morgan fingerprint density at radius 2 is 1.64 bits per heavy atom. The molecule has 0 unspecified atom stereocenters. The number of hydrogen-bond acceptors (Lipinski definition) is 5. The monoisotopic (exact) mass is 391 g/mol.